The number of hydrogen-bond donors (Lipinski definition) is 1. The molecule has 6 nitrogen and oxygen atoms in total. The van der Waals surface area contributed by atoms with E-state index in [0.29, 0.717) is 30.2 Å². The van der Waals surface area contributed by atoms with E-state index in [1.54, 1.807) is 6.07 Å². The maximum atomic E-state index is 13.5. The zero-order valence-electron chi connectivity index (χ0n) is 20.1. The number of carbonyl (C=O) groups is 3. The second-order valence-corrected chi connectivity index (χ2v) is 10.9. The average molecular weight is 514 g/mol. The standard InChI is InChI=1S/C27H32ClN3O3S/c1-3-6-21(32)13-19(14-26-30-23-10-9-20(28)15-25(23)35-26)27(34)31-22(18-7-4-5-8-18)11-12-24(33)17(2)16-29/h9-10,15,18-19,22H,2-8,11-14H2,1H3,(H,31,34)/t19-,22+/m0/s1. The number of fused-ring (bicyclic) bond motifs is 1. The van der Waals surface area contributed by atoms with Crippen LogP contribution in [-0.2, 0) is 20.8 Å². The van der Waals surface area contributed by atoms with Crippen LogP contribution < -0.4 is 5.32 Å². The van der Waals surface area contributed by atoms with E-state index in [0.717, 1.165) is 47.3 Å². The van der Waals surface area contributed by atoms with Crippen LogP contribution in [0.4, 0.5) is 0 Å². The fraction of sp³-hybridized carbons (Fsp3) is 0.519. The van der Waals surface area contributed by atoms with E-state index in [1.165, 1.54) is 11.3 Å². The third kappa shape index (κ3) is 7.71. The number of halogens is 1. The van der Waals surface area contributed by atoms with Crippen molar-refractivity contribution in [3.8, 4) is 6.07 Å². The van der Waals surface area contributed by atoms with Crippen LogP contribution in [0.15, 0.2) is 30.4 Å². The third-order valence-corrected chi connectivity index (χ3v) is 7.92. The lowest BCUT2D eigenvalue weighted by molar-refractivity contribution is -0.130. The van der Waals surface area contributed by atoms with Gasteiger partial charge in [-0.1, -0.05) is 37.9 Å². The van der Waals surface area contributed by atoms with Crippen molar-refractivity contribution in [3.63, 3.8) is 0 Å². The highest BCUT2D eigenvalue weighted by Crippen LogP contribution is 2.31. The number of rotatable bonds is 13. The molecule has 0 radical (unpaired) electrons. The van der Waals surface area contributed by atoms with Gasteiger partial charge in [0.05, 0.1) is 26.7 Å². The Balaban J connectivity index is 1.76. The number of carbonyl (C=O) groups excluding carboxylic acids is 3. The van der Waals surface area contributed by atoms with Gasteiger partial charge in [0.25, 0.3) is 0 Å². The quantitative estimate of drug-likeness (QED) is 0.262. The molecule has 1 amide bonds. The first-order chi connectivity index (χ1) is 16.8. The highest BCUT2D eigenvalue weighted by Gasteiger charge is 2.31. The summed E-state index contributed by atoms with van der Waals surface area (Å²) in [6.45, 7) is 5.46. The summed E-state index contributed by atoms with van der Waals surface area (Å²) in [5.41, 5.74) is 0.772. The molecule has 1 heterocycles. The van der Waals surface area contributed by atoms with E-state index in [4.69, 9.17) is 16.9 Å². The molecule has 1 aromatic carbocycles. The summed E-state index contributed by atoms with van der Waals surface area (Å²) in [7, 11) is 0. The number of hydrogen-bond acceptors (Lipinski definition) is 6. The van der Waals surface area contributed by atoms with E-state index in [2.05, 4.69) is 16.9 Å². The molecule has 35 heavy (non-hydrogen) atoms. The average Bonchev–Trinajstić information content (AvgIpc) is 3.50. The highest BCUT2D eigenvalue weighted by atomic mass is 35.5. The second kappa shape index (κ2) is 12.9. The Hall–Kier alpha value is -2.56. The van der Waals surface area contributed by atoms with Crippen molar-refractivity contribution < 1.29 is 14.4 Å². The number of amides is 1. The molecule has 1 saturated carbocycles. The van der Waals surface area contributed by atoms with E-state index >= 15 is 0 Å². The number of nitrogens with one attached hydrogen (secondary N) is 1. The van der Waals surface area contributed by atoms with Crippen molar-refractivity contribution in [2.75, 3.05) is 0 Å². The van der Waals surface area contributed by atoms with Gasteiger partial charge in [0.1, 0.15) is 11.9 Å². The van der Waals surface area contributed by atoms with Crippen LogP contribution in [0.2, 0.25) is 5.02 Å². The zero-order chi connectivity index (χ0) is 25.4. The summed E-state index contributed by atoms with van der Waals surface area (Å²) < 4.78 is 0.951. The second-order valence-electron chi connectivity index (χ2n) is 9.33. The van der Waals surface area contributed by atoms with Crippen molar-refractivity contribution in [1.29, 1.82) is 5.26 Å². The van der Waals surface area contributed by atoms with Gasteiger partial charge in [-0.15, -0.1) is 11.3 Å². The normalized spacial score (nSPS) is 15.5. The molecule has 0 unspecified atom stereocenters. The Labute approximate surface area is 215 Å². The van der Waals surface area contributed by atoms with Gasteiger partial charge in [0.2, 0.25) is 5.91 Å². The van der Waals surface area contributed by atoms with Gasteiger partial charge in [-0.2, -0.15) is 5.26 Å². The molecule has 1 N–H and O–H groups in total. The van der Waals surface area contributed by atoms with Crippen LogP contribution in [0.5, 0.6) is 0 Å². The van der Waals surface area contributed by atoms with E-state index < -0.39 is 5.92 Å². The molecule has 1 aliphatic carbocycles. The van der Waals surface area contributed by atoms with E-state index in [1.807, 2.05) is 25.1 Å². The molecular formula is C27H32ClN3O3S. The van der Waals surface area contributed by atoms with Crippen LogP contribution in [0.3, 0.4) is 0 Å². The third-order valence-electron chi connectivity index (χ3n) is 6.64. The fourth-order valence-corrected chi connectivity index (χ4v) is 6.07. The Morgan fingerprint density at radius 3 is 2.71 bits per heavy atom. The molecule has 1 aliphatic rings. The lowest BCUT2D eigenvalue weighted by atomic mass is 9.90. The van der Waals surface area contributed by atoms with Gasteiger partial charge in [-0.05, 0) is 49.8 Å². The number of benzene rings is 1. The lowest BCUT2D eigenvalue weighted by Crippen LogP contribution is -2.44. The summed E-state index contributed by atoms with van der Waals surface area (Å²) in [5, 5.41) is 13.6. The molecular weight excluding hydrogens is 482 g/mol. The smallest absolute Gasteiger partial charge is 0.224 e. The van der Waals surface area contributed by atoms with Gasteiger partial charge >= 0.3 is 0 Å². The Bertz CT molecular complexity index is 1130. The monoisotopic (exact) mass is 513 g/mol. The molecule has 0 spiro atoms. The van der Waals surface area contributed by atoms with E-state index in [9.17, 15) is 14.4 Å². The van der Waals surface area contributed by atoms with Gasteiger partial charge in [-0.3, -0.25) is 14.4 Å². The first kappa shape index (κ1) is 27.0. The Kier molecular flexibility index (Phi) is 10.00. The number of aromatic nitrogens is 1. The summed E-state index contributed by atoms with van der Waals surface area (Å²) in [6, 6.07) is 7.15. The maximum absolute atomic E-state index is 13.5. The minimum Gasteiger partial charge on any atom is -0.353 e. The number of nitriles is 1. The number of allylic oxidation sites excluding steroid dienone is 1. The SMILES string of the molecule is C=C(C#N)C(=O)CC[C@@H](NC(=O)[C@@H](CC(=O)CCC)Cc1nc2ccc(Cl)cc2s1)C1CCCC1. The van der Waals surface area contributed by atoms with Gasteiger partial charge in [0.15, 0.2) is 5.78 Å². The van der Waals surface area contributed by atoms with Crippen LogP contribution in [0.25, 0.3) is 10.2 Å². The van der Waals surface area contributed by atoms with Crippen LogP contribution in [0.1, 0.15) is 69.7 Å². The summed E-state index contributed by atoms with van der Waals surface area (Å²) in [5.74, 6) is -0.630. The molecule has 2 aromatic rings. The Morgan fingerprint density at radius 1 is 1.29 bits per heavy atom. The number of thiazole rings is 1. The minimum atomic E-state index is -0.529. The summed E-state index contributed by atoms with van der Waals surface area (Å²) in [4.78, 5) is 42.9. The molecule has 3 rings (SSSR count). The fourth-order valence-electron chi connectivity index (χ4n) is 4.74. The van der Waals surface area contributed by atoms with E-state index in [-0.39, 0.29) is 41.9 Å². The van der Waals surface area contributed by atoms with Gasteiger partial charge in [0, 0.05) is 36.7 Å². The lowest BCUT2D eigenvalue weighted by Gasteiger charge is -2.27. The van der Waals surface area contributed by atoms with Crippen LogP contribution >= 0.6 is 22.9 Å². The molecule has 8 heteroatoms. The molecule has 1 fully saturated rings. The topological polar surface area (TPSA) is 99.9 Å². The zero-order valence-corrected chi connectivity index (χ0v) is 21.7. The Morgan fingerprint density at radius 2 is 2.03 bits per heavy atom. The minimum absolute atomic E-state index is 0.0551. The molecule has 0 bridgehead atoms. The number of ketones is 2. The predicted molar refractivity (Wildman–Crippen MR) is 139 cm³/mol. The molecule has 1 aromatic heterocycles. The van der Waals surface area contributed by atoms with Crippen molar-refractivity contribution in [2.45, 2.75) is 77.2 Å². The van der Waals surface area contributed by atoms with Gasteiger partial charge < -0.3 is 5.32 Å². The van der Waals surface area contributed by atoms with Crippen molar-refractivity contribution in [3.05, 3.63) is 40.4 Å². The predicted octanol–water partition coefficient (Wildman–Crippen LogP) is 5.97. The summed E-state index contributed by atoms with van der Waals surface area (Å²) in [6.07, 6.45) is 6.55. The largest absolute Gasteiger partial charge is 0.353 e. The molecule has 2 atom stereocenters. The van der Waals surface area contributed by atoms with Crippen molar-refractivity contribution >= 4 is 50.6 Å². The highest BCUT2D eigenvalue weighted by molar-refractivity contribution is 7.18. The first-order valence-corrected chi connectivity index (χ1v) is 13.5. The van der Waals surface area contributed by atoms with Crippen molar-refractivity contribution in [1.82, 2.24) is 10.3 Å². The molecule has 186 valence electrons. The number of nitrogens with zero attached hydrogens (tertiary/aromatic N) is 2. The maximum Gasteiger partial charge on any atom is 0.224 e. The van der Waals surface area contributed by atoms with Crippen LogP contribution in [-0.4, -0.2) is 28.5 Å². The van der Waals surface area contributed by atoms with Gasteiger partial charge in [-0.25, -0.2) is 4.98 Å². The van der Waals surface area contributed by atoms with Crippen molar-refractivity contribution in [2.24, 2.45) is 11.8 Å². The first-order valence-electron chi connectivity index (χ1n) is 12.3. The van der Waals surface area contributed by atoms with Crippen LogP contribution in [0, 0.1) is 23.2 Å². The summed E-state index contributed by atoms with van der Waals surface area (Å²) >= 11 is 7.60. The number of Topliss-reactive ketones (excluding diaryl/α,β-unsaturated/α-hetero) is 2. The molecule has 0 saturated heterocycles. The molecule has 0 aliphatic heterocycles.